The number of carbonyl (C=O) groups is 2. The van der Waals surface area contributed by atoms with Crippen molar-refractivity contribution in [3.63, 3.8) is 0 Å². The van der Waals surface area contributed by atoms with Gasteiger partial charge < -0.3 is 24.9 Å². The summed E-state index contributed by atoms with van der Waals surface area (Å²) in [7, 11) is 0. The molecule has 0 rings (SSSR count). The molecule has 0 aliphatic rings. The molecule has 0 amide bonds. The summed E-state index contributed by atoms with van der Waals surface area (Å²) in [5.41, 5.74) is -2.38. The van der Waals surface area contributed by atoms with E-state index in [-0.39, 0.29) is 21.1 Å². The molecule has 0 saturated heterocycles. The Bertz CT molecular complexity index is 324. The number of hydrogen-bond donors (Lipinski definition) is 1. The molecule has 2 unspecified atom stereocenters. The van der Waals surface area contributed by atoms with Gasteiger partial charge in [0, 0.05) is 11.9 Å². The van der Waals surface area contributed by atoms with Gasteiger partial charge in [0.05, 0.1) is 5.97 Å². The predicted molar refractivity (Wildman–Crippen MR) is 75.0 cm³/mol. The Morgan fingerprint density at radius 2 is 1.25 bits per heavy atom. The Balaban J connectivity index is 0. The third-order valence-corrected chi connectivity index (χ3v) is 6.64. The van der Waals surface area contributed by atoms with E-state index in [9.17, 15) is 19.8 Å². The predicted octanol–water partition coefficient (Wildman–Crippen LogP) is 0.000700. The molecular weight excluding hydrogens is 367 g/mol. The number of aliphatic hydroxyl groups is 1. The zero-order valence-corrected chi connectivity index (χ0v) is 16.5. The Morgan fingerprint density at radius 3 is 1.30 bits per heavy atom. The van der Waals surface area contributed by atoms with E-state index in [4.69, 9.17) is 5.11 Å². The van der Waals surface area contributed by atoms with Crippen LogP contribution in [-0.2, 0) is 9.59 Å². The molecule has 0 bridgehead atoms. The van der Waals surface area contributed by atoms with Gasteiger partial charge in [0.25, 0.3) is 0 Å². The van der Waals surface area contributed by atoms with E-state index in [0.29, 0.717) is 6.86 Å². The van der Waals surface area contributed by atoms with Crippen molar-refractivity contribution in [3.8, 4) is 0 Å². The Hall–Kier alpha value is -0.301. The minimum atomic E-state index is -2.38. The summed E-state index contributed by atoms with van der Waals surface area (Å²) in [6.07, 6.45) is 0. The van der Waals surface area contributed by atoms with Gasteiger partial charge in [0.1, 0.15) is 5.60 Å². The van der Waals surface area contributed by atoms with Crippen molar-refractivity contribution < 1.29 is 24.9 Å². The van der Waals surface area contributed by atoms with E-state index < -0.39 is 23.5 Å². The first kappa shape index (κ1) is 22.0. The van der Waals surface area contributed by atoms with Crippen molar-refractivity contribution in [2.75, 3.05) is 0 Å². The fraction of sp³-hybridized carbons (Fsp3) is 0.857. The second-order valence-corrected chi connectivity index (χ2v) is 16.4. The molecule has 0 spiro atoms. The van der Waals surface area contributed by atoms with Gasteiger partial charge in [-0.25, -0.2) is 0 Å². The molecule has 0 aliphatic carbocycles. The van der Waals surface area contributed by atoms with E-state index in [1.807, 2.05) is 0 Å². The zero-order chi connectivity index (χ0) is 16.9. The molecule has 20 heavy (non-hydrogen) atoms. The first-order valence-electron chi connectivity index (χ1n) is 6.44. The zero-order valence-electron chi connectivity index (χ0n) is 13.7. The first-order chi connectivity index (χ1) is 8.50. The van der Waals surface area contributed by atoms with Gasteiger partial charge in [-0.2, -0.15) is 0 Å². The quantitative estimate of drug-likeness (QED) is 0.681. The van der Waals surface area contributed by atoms with Crippen molar-refractivity contribution in [2.24, 2.45) is 5.92 Å². The molecule has 0 aromatic carbocycles. The summed E-state index contributed by atoms with van der Waals surface area (Å²) in [5, 5.41) is 29.2. The number of carboxylic acids is 2. The molecule has 0 fully saturated rings. The van der Waals surface area contributed by atoms with E-state index in [2.05, 4.69) is 41.5 Å². The normalized spacial score (nSPS) is 16.1. The second-order valence-electron chi connectivity index (χ2n) is 7.10. The van der Waals surface area contributed by atoms with Gasteiger partial charge in [-0.15, -0.1) is 0 Å². The summed E-state index contributed by atoms with van der Waals surface area (Å²) in [5.74, 6) is -4.94. The monoisotopic (exact) mass is 394 g/mol. The fourth-order valence-corrected chi connectivity index (χ4v) is 7.95. The van der Waals surface area contributed by atoms with Crippen LogP contribution in [0.1, 0.15) is 55.4 Å². The van der Waals surface area contributed by atoms with Crippen LogP contribution in [0.25, 0.3) is 0 Å². The molecular formula is C14H26O5Sn. The van der Waals surface area contributed by atoms with Gasteiger partial charge in [-0.05, 0) is 6.92 Å². The van der Waals surface area contributed by atoms with Crippen LogP contribution in [0.5, 0.6) is 0 Å². The number of rotatable bonds is 3. The summed E-state index contributed by atoms with van der Waals surface area (Å²) < 4.78 is 1.31. The number of hydrogen-bond acceptors (Lipinski definition) is 5. The standard InChI is InChI=1S/C6H10O5.2C4H9.Sn/c1-3(4(7)8)6(2,11)5(9)10;2*1-4(2)3;/h3,11H,1-2H3,(H,7,8)(H,9,10);2*1-3H3;/q;;;+2/p-2. The molecule has 0 saturated carbocycles. The molecule has 116 valence electrons. The van der Waals surface area contributed by atoms with Crippen LogP contribution in [0.3, 0.4) is 0 Å². The van der Waals surface area contributed by atoms with Gasteiger partial charge in [0.15, 0.2) is 0 Å². The summed E-state index contributed by atoms with van der Waals surface area (Å²) in [4.78, 5) is 20.2. The SMILES string of the molecule is CC(C(=O)[O-])C(C)(O)C(=O)[O-].C[C](C)(C)[Sn+2][C](C)(C)C. The third kappa shape index (κ3) is 10.5. The Labute approximate surface area is 132 Å². The second kappa shape index (κ2) is 7.63. The molecule has 0 aromatic heterocycles. The molecule has 0 radical (unpaired) electrons. The topological polar surface area (TPSA) is 100 Å². The summed E-state index contributed by atoms with van der Waals surface area (Å²) in [6, 6.07) is 0. The van der Waals surface area contributed by atoms with Crippen molar-refractivity contribution in [3.05, 3.63) is 0 Å². The Kier molecular flexibility index (Phi) is 8.39. The first-order valence-corrected chi connectivity index (χ1v) is 9.30. The van der Waals surface area contributed by atoms with Crippen LogP contribution >= 0.6 is 0 Å². The number of carboxylic acid groups (broad SMARTS) is 2. The number of aliphatic carboxylic acids is 2. The molecule has 0 heterocycles. The average molecular weight is 393 g/mol. The van der Waals surface area contributed by atoms with Crippen LogP contribution in [-0.4, -0.2) is 43.8 Å². The molecule has 0 aliphatic heterocycles. The summed E-state index contributed by atoms with van der Waals surface area (Å²) in [6.45, 7) is 16.1. The van der Waals surface area contributed by atoms with Crippen LogP contribution < -0.4 is 10.2 Å². The van der Waals surface area contributed by atoms with E-state index in [1.165, 1.54) is 0 Å². The van der Waals surface area contributed by atoms with Crippen molar-refractivity contribution in [1.82, 2.24) is 0 Å². The Morgan fingerprint density at radius 1 is 0.950 bits per heavy atom. The van der Waals surface area contributed by atoms with Gasteiger partial charge >= 0.3 is 69.5 Å². The van der Waals surface area contributed by atoms with E-state index in [1.54, 1.807) is 0 Å². The van der Waals surface area contributed by atoms with Crippen molar-refractivity contribution in [1.29, 1.82) is 0 Å². The fourth-order valence-electron chi connectivity index (χ4n) is 1.53. The molecule has 5 nitrogen and oxygen atoms in total. The molecule has 0 aromatic rings. The summed E-state index contributed by atoms with van der Waals surface area (Å²) >= 11 is -0.182. The average Bonchev–Trinajstić information content (AvgIpc) is 2.10. The molecule has 6 heteroatoms. The van der Waals surface area contributed by atoms with Crippen molar-refractivity contribution >= 4 is 33.1 Å². The van der Waals surface area contributed by atoms with Gasteiger partial charge in [0.2, 0.25) is 0 Å². The van der Waals surface area contributed by atoms with Gasteiger partial charge in [-0.3, -0.25) is 0 Å². The van der Waals surface area contributed by atoms with Crippen LogP contribution in [0.4, 0.5) is 0 Å². The minimum absolute atomic E-state index is 0.182. The number of carbonyl (C=O) groups excluding carboxylic acids is 2. The van der Waals surface area contributed by atoms with E-state index in [0.717, 1.165) is 13.8 Å². The van der Waals surface area contributed by atoms with Crippen LogP contribution in [0, 0.1) is 5.92 Å². The maximum absolute atomic E-state index is 10.1. The van der Waals surface area contributed by atoms with Gasteiger partial charge in [-0.1, -0.05) is 6.92 Å². The van der Waals surface area contributed by atoms with E-state index >= 15 is 0 Å². The maximum atomic E-state index is 10.1. The molecule has 2 atom stereocenters. The third-order valence-electron chi connectivity index (χ3n) is 2.36. The van der Waals surface area contributed by atoms with Crippen LogP contribution in [0.2, 0.25) is 6.86 Å². The van der Waals surface area contributed by atoms with Crippen molar-refractivity contribution in [2.45, 2.75) is 67.9 Å². The van der Waals surface area contributed by atoms with Crippen LogP contribution in [0.15, 0.2) is 0 Å². The molecule has 1 N–H and O–H groups in total.